The molecule has 0 spiro atoms. The number of hydrogen-bond donors (Lipinski definition) is 0. The predicted molar refractivity (Wildman–Crippen MR) is 73.0 cm³/mol. The highest BCUT2D eigenvalue weighted by atomic mass is 19.1. The molecule has 3 rings (SSSR count). The second kappa shape index (κ2) is 4.73. The van der Waals surface area contributed by atoms with E-state index >= 15 is 0 Å². The molecule has 0 radical (unpaired) electrons. The first-order valence-corrected chi connectivity index (χ1v) is 6.04. The molecule has 0 unspecified atom stereocenters. The Bertz CT molecular complexity index is 915. The Labute approximate surface area is 117 Å². The van der Waals surface area contributed by atoms with Crippen molar-refractivity contribution in [2.75, 3.05) is 14.2 Å². The maximum atomic E-state index is 14.3. The van der Waals surface area contributed by atoms with Crippen LogP contribution in [-0.4, -0.2) is 14.2 Å². The van der Waals surface area contributed by atoms with Gasteiger partial charge in [-0.2, -0.15) is 4.39 Å². The number of methoxy groups -OCH3 is 2. The summed E-state index contributed by atoms with van der Waals surface area (Å²) in [4.78, 5) is 12.0. The van der Waals surface area contributed by atoms with E-state index in [0.717, 1.165) is 6.07 Å². The molecule has 0 saturated heterocycles. The number of halogens is 2. The second-order valence-corrected chi connectivity index (χ2v) is 4.35. The molecule has 6 heteroatoms. The average Bonchev–Trinajstić information content (AvgIpc) is 2.50. The van der Waals surface area contributed by atoms with Gasteiger partial charge in [0, 0.05) is 11.5 Å². The zero-order chi connectivity index (χ0) is 15.1. The Kier molecular flexibility index (Phi) is 3.01. The van der Waals surface area contributed by atoms with E-state index in [4.69, 9.17) is 13.9 Å². The number of rotatable bonds is 2. The van der Waals surface area contributed by atoms with Crippen LogP contribution >= 0.6 is 0 Å². The van der Waals surface area contributed by atoms with Gasteiger partial charge in [-0.05, 0) is 12.1 Å². The van der Waals surface area contributed by atoms with Gasteiger partial charge in [0.05, 0.1) is 25.0 Å². The van der Waals surface area contributed by atoms with Crippen LogP contribution in [0.4, 0.5) is 8.78 Å². The van der Waals surface area contributed by atoms with Gasteiger partial charge in [-0.1, -0.05) is 6.07 Å². The fourth-order valence-electron chi connectivity index (χ4n) is 2.33. The molecule has 0 aliphatic carbocycles. The molecule has 0 fully saturated rings. The van der Waals surface area contributed by atoms with E-state index in [0.29, 0.717) is 0 Å². The third-order valence-corrected chi connectivity index (χ3v) is 3.27. The van der Waals surface area contributed by atoms with Crippen LogP contribution in [0.25, 0.3) is 21.7 Å². The van der Waals surface area contributed by atoms with Crippen molar-refractivity contribution in [3.8, 4) is 11.5 Å². The van der Waals surface area contributed by atoms with Crippen molar-refractivity contribution in [2.45, 2.75) is 0 Å². The number of hydrogen-bond acceptors (Lipinski definition) is 4. The first kappa shape index (κ1) is 13.4. The van der Waals surface area contributed by atoms with E-state index in [1.54, 1.807) is 12.1 Å². The minimum atomic E-state index is -0.932. The molecule has 0 amide bonds. The average molecular weight is 292 g/mol. The monoisotopic (exact) mass is 292 g/mol. The van der Waals surface area contributed by atoms with Gasteiger partial charge < -0.3 is 13.9 Å². The summed E-state index contributed by atoms with van der Waals surface area (Å²) in [5.74, 6) is -1.77. The lowest BCUT2D eigenvalue weighted by molar-refractivity contribution is 0.380. The molecule has 108 valence electrons. The minimum absolute atomic E-state index is 0.116. The summed E-state index contributed by atoms with van der Waals surface area (Å²) < 4.78 is 43.4. The number of fused-ring (bicyclic) bond motifs is 3. The molecule has 0 N–H and O–H groups in total. The summed E-state index contributed by atoms with van der Waals surface area (Å²) in [6.45, 7) is 0. The maximum absolute atomic E-state index is 14.3. The van der Waals surface area contributed by atoms with Crippen molar-refractivity contribution in [3.05, 3.63) is 46.3 Å². The Hall–Kier alpha value is -2.63. The number of ether oxygens (including phenoxy) is 2. The zero-order valence-electron chi connectivity index (χ0n) is 11.2. The fourth-order valence-corrected chi connectivity index (χ4v) is 2.33. The first-order valence-electron chi connectivity index (χ1n) is 6.04. The lowest BCUT2D eigenvalue weighted by Gasteiger charge is -2.10. The molecule has 21 heavy (non-hydrogen) atoms. The number of benzene rings is 2. The predicted octanol–water partition coefficient (Wildman–Crippen LogP) is 3.24. The van der Waals surface area contributed by atoms with Crippen molar-refractivity contribution in [3.63, 3.8) is 0 Å². The molecule has 0 saturated carbocycles. The van der Waals surface area contributed by atoms with Crippen LogP contribution in [-0.2, 0) is 0 Å². The van der Waals surface area contributed by atoms with E-state index < -0.39 is 22.8 Å². The van der Waals surface area contributed by atoms with Gasteiger partial charge >= 0.3 is 5.63 Å². The second-order valence-electron chi connectivity index (χ2n) is 4.35. The van der Waals surface area contributed by atoms with Gasteiger partial charge in [0.2, 0.25) is 5.82 Å². The highest BCUT2D eigenvalue weighted by Gasteiger charge is 2.21. The summed E-state index contributed by atoms with van der Waals surface area (Å²) in [5, 5.41) is 0.135. The Morgan fingerprint density at radius 1 is 1.05 bits per heavy atom. The molecular weight excluding hydrogens is 282 g/mol. The Morgan fingerprint density at radius 2 is 1.76 bits per heavy atom. The third-order valence-electron chi connectivity index (χ3n) is 3.27. The van der Waals surface area contributed by atoms with Gasteiger partial charge in [-0.15, -0.1) is 0 Å². The molecule has 1 heterocycles. The van der Waals surface area contributed by atoms with Crippen LogP contribution in [0, 0.1) is 11.6 Å². The lowest BCUT2D eigenvalue weighted by atomic mass is 10.1. The van der Waals surface area contributed by atoms with Crippen LogP contribution in [0.1, 0.15) is 0 Å². The molecule has 2 aromatic carbocycles. The lowest BCUT2D eigenvalue weighted by Crippen LogP contribution is -2.04. The van der Waals surface area contributed by atoms with Crippen molar-refractivity contribution in [1.29, 1.82) is 0 Å². The zero-order valence-corrected chi connectivity index (χ0v) is 11.2. The van der Waals surface area contributed by atoms with Crippen LogP contribution in [0.2, 0.25) is 0 Å². The first-order chi connectivity index (χ1) is 10.1. The van der Waals surface area contributed by atoms with E-state index in [2.05, 4.69) is 0 Å². The SMILES string of the molecule is COc1cc(F)c2c(oc(=O)c3cccc(OC)c32)c1F. The van der Waals surface area contributed by atoms with Crippen LogP contribution in [0.5, 0.6) is 11.5 Å². The van der Waals surface area contributed by atoms with E-state index in [9.17, 15) is 13.6 Å². The smallest absolute Gasteiger partial charge is 0.344 e. The molecule has 0 aliphatic rings. The highest BCUT2D eigenvalue weighted by molar-refractivity contribution is 6.08. The highest BCUT2D eigenvalue weighted by Crippen LogP contribution is 2.36. The molecule has 1 aromatic heterocycles. The standard InChI is InChI=1S/C15H10F2O4/c1-19-9-5-3-4-7-11(9)12-8(16)6-10(20-2)13(17)14(12)21-15(7)18/h3-6H,1-2H3. The largest absolute Gasteiger partial charge is 0.496 e. The summed E-state index contributed by atoms with van der Waals surface area (Å²) in [5.41, 5.74) is -1.27. The van der Waals surface area contributed by atoms with Gasteiger partial charge in [0.25, 0.3) is 0 Å². The van der Waals surface area contributed by atoms with Crippen molar-refractivity contribution >= 4 is 21.7 Å². The van der Waals surface area contributed by atoms with Crippen LogP contribution in [0.15, 0.2) is 33.5 Å². The quantitative estimate of drug-likeness (QED) is 0.537. The summed E-state index contributed by atoms with van der Waals surface area (Å²) in [6.07, 6.45) is 0. The van der Waals surface area contributed by atoms with Crippen LogP contribution in [0.3, 0.4) is 0 Å². The van der Waals surface area contributed by atoms with Crippen molar-refractivity contribution in [1.82, 2.24) is 0 Å². The molecular formula is C15H10F2O4. The van der Waals surface area contributed by atoms with Crippen molar-refractivity contribution in [2.24, 2.45) is 0 Å². The van der Waals surface area contributed by atoms with Crippen molar-refractivity contribution < 1.29 is 22.7 Å². The summed E-state index contributed by atoms with van der Waals surface area (Å²) >= 11 is 0. The topological polar surface area (TPSA) is 48.7 Å². The summed E-state index contributed by atoms with van der Waals surface area (Å²) in [6, 6.07) is 5.50. The van der Waals surface area contributed by atoms with E-state index in [-0.39, 0.29) is 27.7 Å². The molecule has 3 aromatic rings. The third kappa shape index (κ3) is 1.83. The molecule has 4 nitrogen and oxygen atoms in total. The van der Waals surface area contributed by atoms with Gasteiger partial charge in [-0.25, -0.2) is 9.18 Å². The molecule has 0 atom stereocenters. The fraction of sp³-hybridized carbons (Fsp3) is 0.133. The normalized spacial score (nSPS) is 11.0. The Balaban J connectivity index is 2.67. The minimum Gasteiger partial charge on any atom is -0.496 e. The molecule has 0 bridgehead atoms. The van der Waals surface area contributed by atoms with E-state index in [1.807, 2.05) is 0 Å². The maximum Gasteiger partial charge on any atom is 0.344 e. The van der Waals surface area contributed by atoms with E-state index in [1.165, 1.54) is 20.3 Å². The summed E-state index contributed by atoms with van der Waals surface area (Å²) in [7, 11) is 2.58. The van der Waals surface area contributed by atoms with Crippen LogP contribution < -0.4 is 15.1 Å². The molecule has 0 aliphatic heterocycles. The van der Waals surface area contributed by atoms with Gasteiger partial charge in [0.15, 0.2) is 11.3 Å². The van der Waals surface area contributed by atoms with Gasteiger partial charge in [-0.3, -0.25) is 0 Å². The van der Waals surface area contributed by atoms with Gasteiger partial charge in [0.1, 0.15) is 11.6 Å². The Morgan fingerprint density at radius 3 is 2.43 bits per heavy atom.